The van der Waals surface area contributed by atoms with Crippen LogP contribution in [0, 0.1) is 5.92 Å². The summed E-state index contributed by atoms with van der Waals surface area (Å²) in [5, 5.41) is 0. The molecule has 1 aliphatic heterocycles. The van der Waals surface area contributed by atoms with Crippen molar-refractivity contribution in [2.45, 2.75) is 26.8 Å². The van der Waals surface area contributed by atoms with Crippen molar-refractivity contribution in [2.24, 2.45) is 5.92 Å². The normalized spacial score (nSPS) is 25.2. The Balaban J connectivity index is 2.61. The molecule has 16 heavy (non-hydrogen) atoms. The minimum atomic E-state index is 0.196. The van der Waals surface area contributed by atoms with E-state index >= 15 is 0 Å². The molecule has 0 aromatic carbocycles. The summed E-state index contributed by atoms with van der Waals surface area (Å²) in [5.74, 6) is 0.564. The van der Waals surface area contributed by atoms with Gasteiger partial charge in [0.05, 0.1) is 0 Å². The molecule has 1 heterocycles. The van der Waals surface area contributed by atoms with Crippen molar-refractivity contribution in [3.05, 3.63) is 0 Å². The number of likely N-dealkylation sites (N-methyl/N-ethyl adjacent to an activating group) is 1. The molecule has 0 bridgehead atoms. The largest absolute Gasteiger partial charge is 0.325 e. The van der Waals surface area contributed by atoms with Gasteiger partial charge in [-0.1, -0.05) is 6.92 Å². The van der Waals surface area contributed by atoms with Crippen molar-refractivity contribution < 1.29 is 4.79 Å². The Morgan fingerprint density at radius 1 is 1.25 bits per heavy atom. The summed E-state index contributed by atoms with van der Waals surface area (Å²) in [6.45, 7) is 9.64. The number of nitrogens with zero attached hydrogens (tertiary/aromatic N) is 3. The first-order chi connectivity index (χ1) is 7.51. The van der Waals surface area contributed by atoms with Crippen molar-refractivity contribution in [3.8, 4) is 0 Å². The third kappa shape index (κ3) is 2.67. The minimum Gasteiger partial charge on any atom is -0.325 e. The molecule has 94 valence electrons. The monoisotopic (exact) mass is 227 g/mol. The lowest BCUT2D eigenvalue weighted by Gasteiger charge is -2.26. The van der Waals surface area contributed by atoms with Gasteiger partial charge in [-0.3, -0.25) is 0 Å². The van der Waals surface area contributed by atoms with E-state index in [1.165, 1.54) is 0 Å². The fourth-order valence-corrected chi connectivity index (χ4v) is 2.47. The van der Waals surface area contributed by atoms with E-state index in [0.717, 1.165) is 26.2 Å². The molecular weight excluding hydrogens is 202 g/mol. The number of amides is 2. The quantitative estimate of drug-likeness (QED) is 0.727. The van der Waals surface area contributed by atoms with Crippen LogP contribution in [0.15, 0.2) is 0 Å². The van der Waals surface area contributed by atoms with E-state index in [9.17, 15) is 4.79 Å². The maximum Gasteiger partial charge on any atom is 0.320 e. The molecule has 0 radical (unpaired) electrons. The lowest BCUT2D eigenvalue weighted by atomic mass is 10.1. The van der Waals surface area contributed by atoms with Crippen LogP contribution in [-0.2, 0) is 0 Å². The summed E-state index contributed by atoms with van der Waals surface area (Å²) in [6.07, 6.45) is 0. The Hall–Kier alpha value is -0.770. The lowest BCUT2D eigenvalue weighted by Crippen LogP contribution is -2.43. The van der Waals surface area contributed by atoms with Crippen LogP contribution in [0.5, 0.6) is 0 Å². The van der Waals surface area contributed by atoms with Gasteiger partial charge < -0.3 is 14.7 Å². The number of hydrogen-bond acceptors (Lipinski definition) is 2. The van der Waals surface area contributed by atoms with E-state index in [-0.39, 0.29) is 6.03 Å². The fraction of sp³-hybridized carbons (Fsp3) is 0.917. The average Bonchev–Trinajstić information content (AvgIpc) is 2.62. The molecule has 0 spiro atoms. The Morgan fingerprint density at radius 3 is 2.19 bits per heavy atom. The molecule has 0 saturated carbocycles. The first-order valence-electron chi connectivity index (χ1n) is 6.21. The number of likely N-dealkylation sites (tertiary alicyclic amines) is 1. The molecule has 0 N–H and O–H groups in total. The second kappa shape index (κ2) is 5.53. The van der Waals surface area contributed by atoms with Gasteiger partial charge in [-0.05, 0) is 33.9 Å². The first kappa shape index (κ1) is 13.3. The fourth-order valence-electron chi connectivity index (χ4n) is 2.47. The molecule has 4 heteroatoms. The standard InChI is InChI=1S/C12H25N3O/c1-6-14(7-2)12(16)15-8-10(3)11(9-15)13(4)5/h10-11H,6-9H2,1-5H3. The number of rotatable bonds is 3. The number of carbonyl (C=O) groups excluding carboxylic acids is 1. The highest BCUT2D eigenvalue weighted by molar-refractivity contribution is 5.74. The van der Waals surface area contributed by atoms with Crippen molar-refractivity contribution in [1.82, 2.24) is 14.7 Å². The lowest BCUT2D eigenvalue weighted by molar-refractivity contribution is 0.163. The smallest absolute Gasteiger partial charge is 0.320 e. The van der Waals surface area contributed by atoms with Crippen molar-refractivity contribution in [1.29, 1.82) is 0 Å². The highest BCUT2D eigenvalue weighted by atomic mass is 16.2. The molecule has 1 rings (SSSR count). The van der Waals surface area contributed by atoms with E-state index in [4.69, 9.17) is 0 Å². The Kier molecular flexibility index (Phi) is 4.59. The zero-order chi connectivity index (χ0) is 12.3. The molecule has 1 saturated heterocycles. The summed E-state index contributed by atoms with van der Waals surface area (Å²) in [5.41, 5.74) is 0. The van der Waals surface area contributed by atoms with Crippen molar-refractivity contribution >= 4 is 6.03 Å². The van der Waals surface area contributed by atoms with Gasteiger partial charge in [0.25, 0.3) is 0 Å². The maximum atomic E-state index is 12.2. The topological polar surface area (TPSA) is 26.8 Å². The summed E-state index contributed by atoms with van der Waals surface area (Å²) in [6, 6.07) is 0.695. The molecule has 4 nitrogen and oxygen atoms in total. The van der Waals surface area contributed by atoms with Crippen molar-refractivity contribution in [2.75, 3.05) is 40.3 Å². The molecule has 1 fully saturated rings. The van der Waals surface area contributed by atoms with Gasteiger partial charge in [0, 0.05) is 32.2 Å². The van der Waals surface area contributed by atoms with Crippen LogP contribution in [0.2, 0.25) is 0 Å². The van der Waals surface area contributed by atoms with Crippen LogP contribution in [0.1, 0.15) is 20.8 Å². The Labute approximate surface area is 99.2 Å². The zero-order valence-electron chi connectivity index (χ0n) is 11.2. The van der Waals surface area contributed by atoms with E-state index in [2.05, 4.69) is 25.9 Å². The van der Waals surface area contributed by atoms with Crippen LogP contribution in [0.3, 0.4) is 0 Å². The summed E-state index contributed by atoms with van der Waals surface area (Å²) in [7, 11) is 4.18. The van der Waals surface area contributed by atoms with Crippen molar-refractivity contribution in [3.63, 3.8) is 0 Å². The predicted octanol–water partition coefficient (Wildman–Crippen LogP) is 1.33. The third-order valence-electron chi connectivity index (χ3n) is 3.54. The SMILES string of the molecule is CCN(CC)C(=O)N1CC(C)C(N(C)C)C1. The first-order valence-corrected chi connectivity index (χ1v) is 6.21. The average molecular weight is 227 g/mol. The van der Waals surface area contributed by atoms with Gasteiger partial charge in [0.15, 0.2) is 0 Å². The van der Waals surface area contributed by atoms with E-state index < -0.39 is 0 Å². The predicted molar refractivity (Wildman–Crippen MR) is 66.5 cm³/mol. The highest BCUT2D eigenvalue weighted by Crippen LogP contribution is 2.21. The second-order valence-electron chi connectivity index (χ2n) is 4.87. The Morgan fingerprint density at radius 2 is 1.81 bits per heavy atom. The molecular formula is C12H25N3O. The van der Waals surface area contributed by atoms with Crippen LogP contribution in [0.4, 0.5) is 4.79 Å². The molecule has 2 amide bonds. The summed E-state index contributed by atoms with van der Waals surface area (Å²) >= 11 is 0. The van der Waals surface area contributed by atoms with Gasteiger partial charge >= 0.3 is 6.03 Å². The zero-order valence-corrected chi connectivity index (χ0v) is 11.2. The summed E-state index contributed by atoms with van der Waals surface area (Å²) in [4.78, 5) is 18.3. The van der Waals surface area contributed by atoms with Crippen LogP contribution >= 0.6 is 0 Å². The number of urea groups is 1. The van der Waals surface area contributed by atoms with Crippen LogP contribution in [0.25, 0.3) is 0 Å². The van der Waals surface area contributed by atoms with Gasteiger partial charge in [-0.15, -0.1) is 0 Å². The molecule has 2 unspecified atom stereocenters. The van der Waals surface area contributed by atoms with Crippen LogP contribution in [-0.4, -0.2) is 67.0 Å². The minimum absolute atomic E-state index is 0.196. The van der Waals surface area contributed by atoms with E-state index in [1.54, 1.807) is 0 Å². The summed E-state index contributed by atoms with van der Waals surface area (Å²) < 4.78 is 0. The van der Waals surface area contributed by atoms with Crippen LogP contribution < -0.4 is 0 Å². The van der Waals surface area contributed by atoms with Gasteiger partial charge in [-0.2, -0.15) is 0 Å². The molecule has 0 aromatic rings. The molecule has 2 atom stereocenters. The molecule has 0 aliphatic carbocycles. The molecule has 0 aromatic heterocycles. The highest BCUT2D eigenvalue weighted by Gasteiger charge is 2.34. The number of carbonyl (C=O) groups is 1. The van der Waals surface area contributed by atoms with E-state index in [1.807, 2.05) is 23.6 Å². The van der Waals surface area contributed by atoms with E-state index in [0.29, 0.717) is 12.0 Å². The third-order valence-corrected chi connectivity index (χ3v) is 3.54. The maximum absolute atomic E-state index is 12.2. The number of hydrogen-bond donors (Lipinski definition) is 0. The van der Waals surface area contributed by atoms with Gasteiger partial charge in [0.2, 0.25) is 0 Å². The second-order valence-corrected chi connectivity index (χ2v) is 4.87. The van der Waals surface area contributed by atoms with Gasteiger partial charge in [-0.25, -0.2) is 4.79 Å². The molecule has 1 aliphatic rings. The Bertz CT molecular complexity index is 238. The van der Waals surface area contributed by atoms with Gasteiger partial charge in [0.1, 0.15) is 0 Å².